The quantitative estimate of drug-likeness (QED) is 0.241. The maximum absolute atomic E-state index is 11.1. The molecule has 8 nitrogen and oxygen atoms in total. The molecular formula is C20H14BrN5O3. The van der Waals surface area contributed by atoms with E-state index >= 15 is 0 Å². The highest BCUT2D eigenvalue weighted by atomic mass is 79.9. The molecular weight excluding hydrogens is 438 g/mol. The number of anilines is 2. The summed E-state index contributed by atoms with van der Waals surface area (Å²) in [5.41, 5.74) is 2.28. The summed E-state index contributed by atoms with van der Waals surface area (Å²) in [6.45, 7) is 1.93. The molecule has 0 aliphatic rings. The fourth-order valence-electron chi connectivity index (χ4n) is 2.79. The van der Waals surface area contributed by atoms with Crippen molar-refractivity contribution in [3.05, 3.63) is 81.3 Å². The zero-order valence-corrected chi connectivity index (χ0v) is 16.8. The van der Waals surface area contributed by atoms with Crippen LogP contribution in [0.2, 0.25) is 0 Å². The second kappa shape index (κ2) is 7.80. The lowest BCUT2D eigenvalue weighted by Gasteiger charge is -2.12. The van der Waals surface area contributed by atoms with Crippen LogP contribution in [0.15, 0.2) is 65.7 Å². The molecule has 9 heteroatoms. The van der Waals surface area contributed by atoms with Crippen molar-refractivity contribution in [2.45, 2.75) is 6.92 Å². The average molecular weight is 452 g/mol. The van der Waals surface area contributed by atoms with E-state index in [1.807, 2.05) is 31.2 Å². The average Bonchev–Trinajstić information content (AvgIpc) is 2.71. The SMILES string of the molecule is Cc1cc(Nc2ncnc3ccc([N+](=O)[O-])cc23)ccc1Oc1ccc(Br)nc1. The molecule has 29 heavy (non-hydrogen) atoms. The molecule has 0 amide bonds. The molecule has 4 aromatic rings. The van der Waals surface area contributed by atoms with Crippen molar-refractivity contribution in [1.82, 2.24) is 15.0 Å². The largest absolute Gasteiger partial charge is 0.455 e. The number of nitrogens with one attached hydrogen (secondary N) is 1. The van der Waals surface area contributed by atoms with Gasteiger partial charge in [0.15, 0.2) is 0 Å². The van der Waals surface area contributed by atoms with Crippen molar-refractivity contribution < 1.29 is 9.66 Å². The Bertz CT molecular complexity index is 1210. The normalized spacial score (nSPS) is 10.7. The van der Waals surface area contributed by atoms with Crippen molar-refractivity contribution in [1.29, 1.82) is 0 Å². The number of pyridine rings is 1. The Morgan fingerprint density at radius 2 is 1.93 bits per heavy atom. The summed E-state index contributed by atoms with van der Waals surface area (Å²) in [7, 11) is 0. The summed E-state index contributed by atoms with van der Waals surface area (Å²) in [4.78, 5) is 23.2. The van der Waals surface area contributed by atoms with Crippen molar-refractivity contribution in [3.63, 3.8) is 0 Å². The molecule has 1 N–H and O–H groups in total. The van der Waals surface area contributed by atoms with Gasteiger partial charge >= 0.3 is 0 Å². The first-order chi connectivity index (χ1) is 14.0. The Morgan fingerprint density at radius 1 is 1.07 bits per heavy atom. The van der Waals surface area contributed by atoms with Crippen LogP contribution in [0.25, 0.3) is 10.9 Å². The summed E-state index contributed by atoms with van der Waals surface area (Å²) in [5.74, 6) is 1.82. The maximum atomic E-state index is 11.1. The van der Waals surface area contributed by atoms with Gasteiger partial charge in [0, 0.05) is 23.2 Å². The third kappa shape index (κ3) is 4.14. The molecule has 0 spiro atoms. The fraction of sp³-hybridized carbons (Fsp3) is 0.0500. The number of aryl methyl sites for hydroxylation is 1. The number of non-ortho nitro benzene ring substituents is 1. The fourth-order valence-corrected chi connectivity index (χ4v) is 3.02. The van der Waals surface area contributed by atoms with Crippen LogP contribution in [0.5, 0.6) is 11.5 Å². The standard InChI is InChI=1S/C20H14BrN5O3/c1-12-8-13(2-6-18(12)29-15-4-7-19(21)22-10-15)25-20-16-9-14(26(27)28)3-5-17(16)23-11-24-20/h2-11H,1H3,(H,23,24,25). The predicted molar refractivity (Wildman–Crippen MR) is 113 cm³/mol. The number of halogens is 1. The summed E-state index contributed by atoms with van der Waals surface area (Å²) in [6.07, 6.45) is 3.05. The first-order valence-corrected chi connectivity index (χ1v) is 9.35. The number of aromatic nitrogens is 3. The van der Waals surface area contributed by atoms with Gasteiger partial charge in [-0.3, -0.25) is 10.1 Å². The van der Waals surface area contributed by atoms with Gasteiger partial charge in [-0.15, -0.1) is 0 Å². The molecule has 2 heterocycles. The molecule has 2 aromatic carbocycles. The van der Waals surface area contributed by atoms with Crippen LogP contribution in [0.1, 0.15) is 5.56 Å². The van der Waals surface area contributed by atoms with E-state index in [1.165, 1.54) is 18.5 Å². The summed E-state index contributed by atoms with van der Waals surface area (Å²) in [5, 5.41) is 14.9. The van der Waals surface area contributed by atoms with E-state index in [0.717, 1.165) is 15.9 Å². The molecule has 0 bridgehead atoms. The Hall–Kier alpha value is -3.59. The third-order valence-electron chi connectivity index (χ3n) is 4.20. The minimum absolute atomic E-state index is 0.0154. The molecule has 0 unspecified atom stereocenters. The Balaban J connectivity index is 1.61. The zero-order chi connectivity index (χ0) is 20.4. The van der Waals surface area contributed by atoms with E-state index in [1.54, 1.807) is 18.3 Å². The molecule has 0 saturated heterocycles. The summed E-state index contributed by atoms with van der Waals surface area (Å²) >= 11 is 3.29. The van der Waals surface area contributed by atoms with Gasteiger partial charge in [-0.1, -0.05) is 0 Å². The van der Waals surface area contributed by atoms with Gasteiger partial charge < -0.3 is 10.1 Å². The molecule has 144 valence electrons. The molecule has 0 aliphatic carbocycles. The number of nitro groups is 1. The maximum Gasteiger partial charge on any atom is 0.270 e. The molecule has 0 aliphatic heterocycles. The smallest absolute Gasteiger partial charge is 0.270 e. The number of fused-ring (bicyclic) bond motifs is 1. The van der Waals surface area contributed by atoms with E-state index in [4.69, 9.17) is 4.74 Å². The van der Waals surface area contributed by atoms with Crippen LogP contribution in [-0.4, -0.2) is 19.9 Å². The van der Waals surface area contributed by atoms with Gasteiger partial charge in [-0.2, -0.15) is 0 Å². The third-order valence-corrected chi connectivity index (χ3v) is 4.66. The highest BCUT2D eigenvalue weighted by Crippen LogP contribution is 2.30. The lowest BCUT2D eigenvalue weighted by molar-refractivity contribution is -0.384. The molecule has 0 radical (unpaired) electrons. The van der Waals surface area contributed by atoms with E-state index < -0.39 is 4.92 Å². The van der Waals surface area contributed by atoms with Crippen LogP contribution in [0, 0.1) is 17.0 Å². The van der Waals surface area contributed by atoms with Gasteiger partial charge in [0.25, 0.3) is 5.69 Å². The van der Waals surface area contributed by atoms with Crippen LogP contribution >= 0.6 is 15.9 Å². The number of nitrogens with zero attached hydrogens (tertiary/aromatic N) is 4. The number of nitro benzene ring substituents is 1. The monoisotopic (exact) mass is 451 g/mol. The molecule has 4 rings (SSSR count). The Morgan fingerprint density at radius 3 is 2.66 bits per heavy atom. The van der Waals surface area contributed by atoms with Gasteiger partial charge in [0.05, 0.1) is 16.6 Å². The van der Waals surface area contributed by atoms with Gasteiger partial charge in [-0.05, 0) is 64.8 Å². The number of hydrogen-bond acceptors (Lipinski definition) is 7. The van der Waals surface area contributed by atoms with Crippen molar-refractivity contribution in [3.8, 4) is 11.5 Å². The number of hydrogen-bond donors (Lipinski definition) is 1. The number of ether oxygens (including phenoxy) is 1. The lowest BCUT2D eigenvalue weighted by Crippen LogP contribution is -1.98. The topological polar surface area (TPSA) is 103 Å². The highest BCUT2D eigenvalue weighted by molar-refractivity contribution is 9.10. The van der Waals surface area contributed by atoms with Crippen LogP contribution in [0.4, 0.5) is 17.2 Å². The van der Waals surface area contributed by atoms with E-state index in [-0.39, 0.29) is 5.69 Å². The molecule has 2 aromatic heterocycles. The zero-order valence-electron chi connectivity index (χ0n) is 15.2. The van der Waals surface area contributed by atoms with Crippen molar-refractivity contribution >= 4 is 44.0 Å². The highest BCUT2D eigenvalue weighted by Gasteiger charge is 2.11. The van der Waals surface area contributed by atoms with Crippen LogP contribution in [-0.2, 0) is 0 Å². The minimum Gasteiger partial charge on any atom is -0.455 e. The van der Waals surface area contributed by atoms with Crippen molar-refractivity contribution in [2.24, 2.45) is 0 Å². The lowest BCUT2D eigenvalue weighted by atomic mass is 10.1. The van der Waals surface area contributed by atoms with Crippen LogP contribution < -0.4 is 10.1 Å². The number of benzene rings is 2. The van der Waals surface area contributed by atoms with Crippen molar-refractivity contribution in [2.75, 3.05) is 5.32 Å². The van der Waals surface area contributed by atoms with E-state index in [9.17, 15) is 10.1 Å². The van der Waals surface area contributed by atoms with Gasteiger partial charge in [0.1, 0.15) is 28.2 Å². The summed E-state index contributed by atoms with van der Waals surface area (Å²) < 4.78 is 6.60. The molecule has 0 fully saturated rings. The van der Waals surface area contributed by atoms with E-state index in [0.29, 0.717) is 28.2 Å². The Kier molecular flexibility index (Phi) is 5.05. The second-order valence-corrected chi connectivity index (χ2v) is 7.02. The summed E-state index contributed by atoms with van der Waals surface area (Å²) in [6, 6.07) is 13.7. The number of rotatable bonds is 5. The molecule has 0 saturated carbocycles. The van der Waals surface area contributed by atoms with E-state index in [2.05, 4.69) is 36.2 Å². The van der Waals surface area contributed by atoms with Gasteiger partial charge in [-0.25, -0.2) is 15.0 Å². The first kappa shape index (κ1) is 18.8. The predicted octanol–water partition coefficient (Wildman–Crippen LogP) is 5.54. The molecule has 0 atom stereocenters. The van der Waals surface area contributed by atoms with Crippen LogP contribution in [0.3, 0.4) is 0 Å². The minimum atomic E-state index is -0.441. The Labute approximate surface area is 173 Å². The second-order valence-electron chi connectivity index (χ2n) is 6.20. The first-order valence-electron chi connectivity index (χ1n) is 8.56. The van der Waals surface area contributed by atoms with Gasteiger partial charge in [0.2, 0.25) is 0 Å².